The van der Waals surface area contributed by atoms with E-state index in [1.807, 2.05) is 0 Å². The molecule has 1 aliphatic heterocycles. The molecule has 0 saturated carbocycles. The van der Waals surface area contributed by atoms with Crippen molar-refractivity contribution in [1.82, 2.24) is 4.31 Å². The number of sulfonamides is 2. The van der Waals surface area contributed by atoms with Crippen molar-refractivity contribution >= 4 is 48.9 Å². The van der Waals surface area contributed by atoms with Gasteiger partial charge in [-0.25, -0.2) is 16.8 Å². The van der Waals surface area contributed by atoms with Gasteiger partial charge >= 0.3 is 0 Å². The molecule has 6 nitrogen and oxygen atoms in total. The highest BCUT2D eigenvalue weighted by Crippen LogP contribution is 2.31. The number of hydrogen-bond donors (Lipinski definition) is 1. The highest BCUT2D eigenvalue weighted by Gasteiger charge is 2.29. The zero-order chi connectivity index (χ0) is 19.8. The lowest BCUT2D eigenvalue weighted by atomic mass is 10.2. The van der Waals surface area contributed by atoms with Gasteiger partial charge in [0.1, 0.15) is 4.90 Å². The lowest BCUT2D eigenvalue weighted by molar-refractivity contribution is 0.477. The molecule has 1 saturated heterocycles. The van der Waals surface area contributed by atoms with E-state index in [-0.39, 0.29) is 25.5 Å². The van der Waals surface area contributed by atoms with Crippen LogP contribution in [0.4, 0.5) is 5.69 Å². The fourth-order valence-corrected chi connectivity index (χ4v) is 6.48. The molecule has 2 aromatic rings. The van der Waals surface area contributed by atoms with Gasteiger partial charge in [-0.2, -0.15) is 4.31 Å². The van der Waals surface area contributed by atoms with Gasteiger partial charge in [-0.1, -0.05) is 29.3 Å². The molecular formula is C17H18Cl2N2O4S2. The molecule has 146 valence electrons. The number of anilines is 1. The summed E-state index contributed by atoms with van der Waals surface area (Å²) in [6.07, 6.45) is 1.58. The van der Waals surface area contributed by atoms with E-state index < -0.39 is 20.0 Å². The summed E-state index contributed by atoms with van der Waals surface area (Å²) in [5.74, 6) is 0. The van der Waals surface area contributed by atoms with Crippen LogP contribution in [0, 0.1) is 6.92 Å². The van der Waals surface area contributed by atoms with Crippen molar-refractivity contribution in [1.29, 1.82) is 0 Å². The summed E-state index contributed by atoms with van der Waals surface area (Å²) in [4.78, 5) is -0.0945. The van der Waals surface area contributed by atoms with E-state index in [0.717, 1.165) is 12.8 Å². The minimum absolute atomic E-state index is 0.0221. The Balaban J connectivity index is 1.98. The first-order valence-electron chi connectivity index (χ1n) is 8.20. The summed E-state index contributed by atoms with van der Waals surface area (Å²) in [5, 5.41) is 0.332. The molecule has 0 unspecified atom stereocenters. The lowest BCUT2D eigenvalue weighted by Crippen LogP contribution is -2.28. The number of halogens is 2. The van der Waals surface area contributed by atoms with Gasteiger partial charge in [0, 0.05) is 18.1 Å². The monoisotopic (exact) mass is 448 g/mol. The van der Waals surface area contributed by atoms with Crippen LogP contribution in [-0.2, 0) is 20.0 Å². The molecule has 1 aliphatic rings. The van der Waals surface area contributed by atoms with E-state index in [0.29, 0.717) is 18.7 Å². The van der Waals surface area contributed by atoms with E-state index in [1.54, 1.807) is 19.1 Å². The molecule has 0 spiro atoms. The molecule has 1 heterocycles. The van der Waals surface area contributed by atoms with Crippen molar-refractivity contribution in [3.8, 4) is 0 Å². The minimum atomic E-state index is -3.95. The third kappa shape index (κ3) is 4.25. The Hall–Kier alpha value is -1.32. The molecule has 1 fully saturated rings. The fourth-order valence-electron chi connectivity index (χ4n) is 2.91. The van der Waals surface area contributed by atoms with E-state index in [2.05, 4.69) is 4.72 Å². The Morgan fingerprint density at radius 2 is 1.59 bits per heavy atom. The second-order valence-corrected chi connectivity index (χ2v) is 10.7. The van der Waals surface area contributed by atoms with Crippen molar-refractivity contribution in [2.75, 3.05) is 17.8 Å². The maximum absolute atomic E-state index is 12.8. The van der Waals surface area contributed by atoms with Crippen LogP contribution in [0.2, 0.25) is 10.0 Å². The van der Waals surface area contributed by atoms with Gasteiger partial charge in [0.05, 0.1) is 15.6 Å². The zero-order valence-electron chi connectivity index (χ0n) is 14.4. The van der Waals surface area contributed by atoms with Crippen LogP contribution in [-0.4, -0.2) is 34.2 Å². The van der Waals surface area contributed by atoms with E-state index in [1.165, 1.54) is 28.6 Å². The first-order valence-corrected chi connectivity index (χ1v) is 11.9. The molecule has 0 bridgehead atoms. The Kier molecular flexibility index (Phi) is 5.74. The molecule has 0 amide bonds. The van der Waals surface area contributed by atoms with Crippen molar-refractivity contribution < 1.29 is 16.8 Å². The van der Waals surface area contributed by atoms with E-state index >= 15 is 0 Å². The maximum Gasteiger partial charge on any atom is 0.262 e. The topological polar surface area (TPSA) is 83.5 Å². The highest BCUT2D eigenvalue weighted by molar-refractivity contribution is 7.92. The molecular weight excluding hydrogens is 431 g/mol. The molecule has 3 rings (SSSR count). The number of benzene rings is 2. The fraction of sp³-hybridized carbons (Fsp3) is 0.294. The summed E-state index contributed by atoms with van der Waals surface area (Å²) in [5.41, 5.74) is 0.627. The molecule has 0 aliphatic carbocycles. The number of aryl methyl sites for hydroxylation is 1. The molecule has 2 aromatic carbocycles. The van der Waals surface area contributed by atoms with Gasteiger partial charge in [0.15, 0.2) is 0 Å². The molecule has 0 radical (unpaired) electrons. The quantitative estimate of drug-likeness (QED) is 0.751. The number of rotatable bonds is 5. The Morgan fingerprint density at radius 1 is 0.926 bits per heavy atom. The van der Waals surface area contributed by atoms with Gasteiger partial charge in [-0.15, -0.1) is 0 Å². The first-order chi connectivity index (χ1) is 12.6. The number of nitrogens with zero attached hydrogens (tertiary/aromatic N) is 1. The van der Waals surface area contributed by atoms with Gasteiger partial charge in [-0.05, 0) is 55.7 Å². The van der Waals surface area contributed by atoms with Crippen molar-refractivity contribution in [3.63, 3.8) is 0 Å². The standard InChI is InChI=1S/C17H18Cl2N2O4S2/c1-12-4-5-13(18)10-16(12)26(22,23)20-14-6-7-15(19)17(11-14)27(24,25)21-8-2-3-9-21/h4-7,10-11,20H,2-3,8-9H2,1H3. The average molecular weight is 449 g/mol. The van der Waals surface area contributed by atoms with Crippen LogP contribution < -0.4 is 4.72 Å². The minimum Gasteiger partial charge on any atom is -0.280 e. The van der Waals surface area contributed by atoms with E-state index in [9.17, 15) is 16.8 Å². The van der Waals surface area contributed by atoms with Crippen LogP contribution in [0.1, 0.15) is 18.4 Å². The molecule has 10 heteroatoms. The second kappa shape index (κ2) is 7.60. The van der Waals surface area contributed by atoms with Gasteiger partial charge < -0.3 is 0 Å². The van der Waals surface area contributed by atoms with Gasteiger partial charge in [0.2, 0.25) is 10.0 Å². The zero-order valence-corrected chi connectivity index (χ0v) is 17.6. The van der Waals surface area contributed by atoms with E-state index in [4.69, 9.17) is 23.2 Å². The summed E-state index contributed by atoms with van der Waals surface area (Å²) in [6, 6.07) is 8.57. The first kappa shape index (κ1) is 20.4. The summed E-state index contributed by atoms with van der Waals surface area (Å²) < 4.78 is 54.8. The normalized spacial score (nSPS) is 15.8. The third-order valence-corrected chi connectivity index (χ3v) is 8.44. The number of hydrogen-bond acceptors (Lipinski definition) is 4. The average Bonchev–Trinajstić information content (AvgIpc) is 3.14. The van der Waals surface area contributed by atoms with Gasteiger partial charge in [-0.3, -0.25) is 4.72 Å². The van der Waals surface area contributed by atoms with Crippen LogP contribution in [0.15, 0.2) is 46.2 Å². The van der Waals surface area contributed by atoms with Gasteiger partial charge in [0.25, 0.3) is 10.0 Å². The number of nitrogens with one attached hydrogen (secondary N) is 1. The largest absolute Gasteiger partial charge is 0.280 e. The molecule has 27 heavy (non-hydrogen) atoms. The van der Waals surface area contributed by atoms with Crippen molar-refractivity contribution in [2.45, 2.75) is 29.6 Å². The van der Waals surface area contributed by atoms with Crippen LogP contribution in [0.25, 0.3) is 0 Å². The van der Waals surface area contributed by atoms with Crippen molar-refractivity contribution in [3.05, 3.63) is 52.0 Å². The lowest BCUT2D eigenvalue weighted by Gasteiger charge is -2.18. The van der Waals surface area contributed by atoms with Crippen molar-refractivity contribution in [2.24, 2.45) is 0 Å². The Bertz CT molecular complexity index is 1080. The van der Waals surface area contributed by atoms with Crippen LogP contribution in [0.5, 0.6) is 0 Å². The summed E-state index contributed by atoms with van der Waals surface area (Å²) in [6.45, 7) is 2.50. The van der Waals surface area contributed by atoms with Crippen LogP contribution >= 0.6 is 23.2 Å². The second-order valence-electron chi connectivity index (χ2n) is 6.27. The smallest absolute Gasteiger partial charge is 0.262 e. The van der Waals surface area contributed by atoms with Crippen LogP contribution in [0.3, 0.4) is 0 Å². The SMILES string of the molecule is Cc1ccc(Cl)cc1S(=O)(=O)Nc1ccc(Cl)c(S(=O)(=O)N2CCCC2)c1. The molecule has 0 atom stereocenters. The molecule has 0 aromatic heterocycles. The maximum atomic E-state index is 12.8. The predicted molar refractivity (Wildman–Crippen MR) is 106 cm³/mol. The predicted octanol–water partition coefficient (Wildman–Crippen LogP) is 3.89. The Labute approximate surface area is 169 Å². The summed E-state index contributed by atoms with van der Waals surface area (Å²) >= 11 is 12.0. The Morgan fingerprint density at radius 3 is 2.26 bits per heavy atom. The summed E-state index contributed by atoms with van der Waals surface area (Å²) in [7, 11) is -7.73. The highest BCUT2D eigenvalue weighted by atomic mass is 35.5. The molecule has 1 N–H and O–H groups in total. The third-order valence-electron chi connectivity index (χ3n) is 4.31.